The number of benzene rings is 9. The van der Waals surface area contributed by atoms with Crippen LogP contribution in [0, 0.1) is 0 Å². The molecular weight excluding hydrogens is 711 g/mol. The van der Waals surface area contributed by atoms with Gasteiger partial charge >= 0.3 is 0 Å². The van der Waals surface area contributed by atoms with E-state index in [-0.39, 0.29) is 0 Å². The highest BCUT2D eigenvalue weighted by atomic mass is 16.3. The number of hydrogen-bond acceptors (Lipinski definition) is 5. The summed E-state index contributed by atoms with van der Waals surface area (Å²) in [6.45, 7) is 0. The Kier molecular flexibility index (Phi) is 7.16. The molecule has 5 heteroatoms. The molecule has 0 saturated heterocycles. The number of rotatable bonds is 5. The summed E-state index contributed by atoms with van der Waals surface area (Å²) in [5, 5.41) is 8.59. The summed E-state index contributed by atoms with van der Waals surface area (Å²) >= 11 is 0. The fourth-order valence-corrected chi connectivity index (χ4v) is 8.46. The van der Waals surface area contributed by atoms with E-state index in [0.717, 1.165) is 98.8 Å². The highest BCUT2D eigenvalue weighted by Gasteiger charge is 2.20. The topological polar surface area (TPSA) is 65.0 Å². The highest BCUT2D eigenvalue weighted by Crippen LogP contribution is 2.40. The van der Waals surface area contributed by atoms with Crippen LogP contribution in [0.4, 0.5) is 0 Å². The van der Waals surface area contributed by atoms with Crippen LogP contribution in [0.3, 0.4) is 0 Å². The second-order valence-electron chi connectivity index (χ2n) is 14.8. The average Bonchev–Trinajstić information content (AvgIpc) is 3.87. The zero-order valence-electron chi connectivity index (χ0n) is 31.1. The fraction of sp³-hybridized carbons (Fsp3) is 0. The van der Waals surface area contributed by atoms with Gasteiger partial charge in [0, 0.05) is 38.2 Å². The molecule has 0 atom stereocenters. The van der Waals surface area contributed by atoms with Crippen molar-refractivity contribution >= 4 is 65.4 Å². The summed E-state index contributed by atoms with van der Waals surface area (Å²) in [4.78, 5) is 15.8. The standard InChI is InChI=1S/C53H31N3O2/c1-3-10-32(11-4-1)36-21-18-34-19-22-38(29-40(34)28-36)51-54-52(39-23-20-35-25-27-47-50(44(35)30-39)41-14-7-8-16-45(41)57-47)56-53(55-51)43-15-9-17-46-49(43)42-26-24-37(31-48(42)58-46)33-12-5-2-6-13-33/h1-31H. The fourth-order valence-electron chi connectivity index (χ4n) is 8.46. The van der Waals surface area contributed by atoms with E-state index < -0.39 is 0 Å². The number of nitrogens with zero attached hydrogens (tertiary/aromatic N) is 3. The largest absolute Gasteiger partial charge is 0.456 e. The van der Waals surface area contributed by atoms with Crippen LogP contribution >= 0.6 is 0 Å². The number of fused-ring (bicyclic) bond motifs is 9. The first-order valence-electron chi connectivity index (χ1n) is 19.4. The maximum atomic E-state index is 6.54. The molecule has 0 bridgehead atoms. The van der Waals surface area contributed by atoms with Crippen LogP contribution in [0.15, 0.2) is 197 Å². The molecular formula is C53H31N3O2. The summed E-state index contributed by atoms with van der Waals surface area (Å²) < 4.78 is 12.8. The molecule has 12 aromatic rings. The monoisotopic (exact) mass is 741 g/mol. The maximum Gasteiger partial charge on any atom is 0.164 e. The SMILES string of the molecule is c1ccc(-c2ccc3ccc(-c4nc(-c5ccc6ccc7oc8ccccc8c7c6c5)nc(-c5cccc6oc7cc(-c8ccccc8)ccc7c56)n4)cc3c2)cc1. The van der Waals surface area contributed by atoms with Gasteiger partial charge in [-0.15, -0.1) is 0 Å². The van der Waals surface area contributed by atoms with Crippen molar-refractivity contribution in [3.8, 4) is 56.4 Å². The first-order valence-corrected chi connectivity index (χ1v) is 19.4. The van der Waals surface area contributed by atoms with Gasteiger partial charge in [0.05, 0.1) is 0 Å². The lowest BCUT2D eigenvalue weighted by Gasteiger charge is -2.11. The van der Waals surface area contributed by atoms with Crippen molar-refractivity contribution in [2.75, 3.05) is 0 Å². The van der Waals surface area contributed by atoms with Crippen LogP contribution in [-0.2, 0) is 0 Å². The number of aromatic nitrogens is 3. The molecule has 0 radical (unpaired) electrons. The van der Waals surface area contributed by atoms with Gasteiger partial charge in [-0.05, 0) is 92.3 Å². The van der Waals surface area contributed by atoms with E-state index in [0.29, 0.717) is 17.5 Å². The Labute approximate surface area is 332 Å². The highest BCUT2D eigenvalue weighted by molar-refractivity contribution is 6.19. The third-order valence-electron chi connectivity index (χ3n) is 11.3. The molecule has 0 aliphatic rings. The van der Waals surface area contributed by atoms with E-state index in [1.165, 1.54) is 5.56 Å². The number of hydrogen-bond donors (Lipinski definition) is 0. The van der Waals surface area contributed by atoms with Gasteiger partial charge in [-0.25, -0.2) is 15.0 Å². The van der Waals surface area contributed by atoms with E-state index in [9.17, 15) is 0 Å². The van der Waals surface area contributed by atoms with Gasteiger partial charge in [-0.1, -0.05) is 140 Å². The van der Waals surface area contributed by atoms with E-state index in [1.807, 2.05) is 36.4 Å². The van der Waals surface area contributed by atoms with E-state index in [2.05, 4.69) is 152 Å². The van der Waals surface area contributed by atoms with Crippen LogP contribution in [0.25, 0.3) is 122 Å². The van der Waals surface area contributed by atoms with E-state index in [4.69, 9.17) is 23.8 Å². The normalized spacial score (nSPS) is 11.8. The van der Waals surface area contributed by atoms with Crippen LogP contribution < -0.4 is 0 Å². The van der Waals surface area contributed by atoms with Gasteiger partial charge in [-0.3, -0.25) is 0 Å². The Morgan fingerprint density at radius 2 is 0.828 bits per heavy atom. The summed E-state index contributed by atoms with van der Waals surface area (Å²) in [7, 11) is 0. The molecule has 0 fully saturated rings. The molecule has 0 spiro atoms. The van der Waals surface area contributed by atoms with Crippen molar-refractivity contribution in [3.63, 3.8) is 0 Å². The summed E-state index contributed by atoms with van der Waals surface area (Å²) in [5.74, 6) is 1.75. The molecule has 0 N–H and O–H groups in total. The molecule has 0 aliphatic heterocycles. The molecule has 0 amide bonds. The van der Waals surface area contributed by atoms with Gasteiger partial charge in [0.2, 0.25) is 0 Å². The zero-order valence-corrected chi connectivity index (χ0v) is 31.1. The minimum atomic E-state index is 0.575. The third-order valence-corrected chi connectivity index (χ3v) is 11.3. The van der Waals surface area contributed by atoms with Crippen molar-refractivity contribution < 1.29 is 8.83 Å². The summed E-state index contributed by atoms with van der Waals surface area (Å²) in [6.07, 6.45) is 0. The van der Waals surface area contributed by atoms with Gasteiger partial charge in [0.25, 0.3) is 0 Å². The first-order chi connectivity index (χ1) is 28.7. The molecule has 0 aliphatic carbocycles. The Morgan fingerprint density at radius 1 is 0.276 bits per heavy atom. The van der Waals surface area contributed by atoms with Crippen LogP contribution in [0.2, 0.25) is 0 Å². The van der Waals surface area contributed by atoms with Gasteiger partial charge in [-0.2, -0.15) is 0 Å². The Balaban J connectivity index is 1.08. The Morgan fingerprint density at radius 3 is 1.62 bits per heavy atom. The van der Waals surface area contributed by atoms with Gasteiger partial charge in [0.15, 0.2) is 17.5 Å². The molecule has 58 heavy (non-hydrogen) atoms. The van der Waals surface area contributed by atoms with Gasteiger partial charge < -0.3 is 8.83 Å². The first kappa shape index (κ1) is 32.4. The molecule has 0 unspecified atom stereocenters. The molecule has 12 rings (SSSR count). The predicted molar refractivity (Wildman–Crippen MR) is 237 cm³/mol. The lowest BCUT2D eigenvalue weighted by atomic mass is 9.99. The van der Waals surface area contributed by atoms with Crippen molar-refractivity contribution in [3.05, 3.63) is 188 Å². The van der Waals surface area contributed by atoms with Crippen LogP contribution in [0.1, 0.15) is 0 Å². The Hall–Kier alpha value is -7.89. The molecule has 0 saturated carbocycles. The van der Waals surface area contributed by atoms with Crippen molar-refractivity contribution in [2.24, 2.45) is 0 Å². The molecule has 9 aromatic carbocycles. The van der Waals surface area contributed by atoms with E-state index in [1.54, 1.807) is 0 Å². The van der Waals surface area contributed by atoms with E-state index >= 15 is 0 Å². The smallest absolute Gasteiger partial charge is 0.164 e. The number of furan rings is 2. The van der Waals surface area contributed by atoms with Crippen molar-refractivity contribution in [1.82, 2.24) is 15.0 Å². The quantitative estimate of drug-likeness (QED) is 0.176. The van der Waals surface area contributed by atoms with Crippen LogP contribution in [0.5, 0.6) is 0 Å². The van der Waals surface area contributed by atoms with Gasteiger partial charge in [0.1, 0.15) is 22.3 Å². The number of para-hydroxylation sites is 1. The zero-order chi connectivity index (χ0) is 38.2. The van der Waals surface area contributed by atoms with Crippen LogP contribution in [-0.4, -0.2) is 15.0 Å². The average molecular weight is 742 g/mol. The minimum absolute atomic E-state index is 0.575. The lowest BCUT2D eigenvalue weighted by molar-refractivity contribution is 0.669. The summed E-state index contributed by atoms with van der Waals surface area (Å²) in [6, 6.07) is 65.2. The molecule has 3 aromatic heterocycles. The predicted octanol–water partition coefficient (Wildman–Crippen LogP) is 14.3. The Bertz CT molecular complexity index is 3570. The van der Waals surface area contributed by atoms with Crippen molar-refractivity contribution in [1.29, 1.82) is 0 Å². The minimum Gasteiger partial charge on any atom is -0.456 e. The maximum absolute atomic E-state index is 6.54. The second-order valence-corrected chi connectivity index (χ2v) is 14.8. The van der Waals surface area contributed by atoms with Crippen molar-refractivity contribution in [2.45, 2.75) is 0 Å². The summed E-state index contributed by atoms with van der Waals surface area (Å²) in [5.41, 5.74) is 10.5. The molecule has 270 valence electrons. The molecule has 5 nitrogen and oxygen atoms in total. The second kappa shape index (κ2) is 12.8. The lowest BCUT2D eigenvalue weighted by Crippen LogP contribution is -2.00. The third kappa shape index (κ3) is 5.29. The molecule has 3 heterocycles.